The van der Waals surface area contributed by atoms with Crippen LogP contribution in [0.2, 0.25) is 5.02 Å². The summed E-state index contributed by atoms with van der Waals surface area (Å²) >= 11 is 6.46. The quantitative estimate of drug-likeness (QED) is 0.187. The van der Waals surface area contributed by atoms with Crippen molar-refractivity contribution in [1.82, 2.24) is 15.3 Å². The highest BCUT2D eigenvalue weighted by molar-refractivity contribution is 7.90. The van der Waals surface area contributed by atoms with Gasteiger partial charge in [-0.15, -0.1) is 0 Å². The zero-order valence-electron chi connectivity index (χ0n) is 22.4. The van der Waals surface area contributed by atoms with Gasteiger partial charge in [0.1, 0.15) is 51.7 Å². The van der Waals surface area contributed by atoms with Crippen LogP contribution in [0, 0.1) is 5.82 Å². The van der Waals surface area contributed by atoms with Crippen LogP contribution in [0.4, 0.5) is 10.2 Å². The van der Waals surface area contributed by atoms with Gasteiger partial charge in [-0.3, -0.25) is 0 Å². The van der Waals surface area contributed by atoms with E-state index in [1.54, 1.807) is 31.3 Å². The lowest BCUT2D eigenvalue weighted by Crippen LogP contribution is -2.24. The molecule has 3 aromatic carbocycles. The van der Waals surface area contributed by atoms with Gasteiger partial charge in [0.2, 0.25) is 0 Å². The van der Waals surface area contributed by atoms with Gasteiger partial charge in [-0.05, 0) is 72.8 Å². The molecule has 0 aliphatic carbocycles. The lowest BCUT2D eigenvalue weighted by molar-refractivity contribution is 0.305. The van der Waals surface area contributed by atoms with Crippen molar-refractivity contribution in [3.8, 4) is 17.1 Å². The highest BCUT2D eigenvalue weighted by atomic mass is 35.5. The molecule has 0 bridgehead atoms. The van der Waals surface area contributed by atoms with E-state index in [-0.39, 0.29) is 18.2 Å². The SMILES string of the molecule is CNC(CS(C)(=O)=O)c1ccc(-c2ccc3ncnc(NCc4ccc(OCc5cccc(F)c5)c(Cl)c4)c3c2)o1. The topological polar surface area (TPSA) is 106 Å². The molecule has 1 unspecified atom stereocenters. The normalized spacial score (nSPS) is 12.4. The van der Waals surface area contributed by atoms with Gasteiger partial charge in [0.25, 0.3) is 0 Å². The third-order valence-corrected chi connectivity index (χ3v) is 7.68. The smallest absolute Gasteiger partial charge is 0.149 e. The number of halogens is 2. The first-order valence-electron chi connectivity index (χ1n) is 12.8. The minimum Gasteiger partial charge on any atom is -0.487 e. The molecule has 0 fully saturated rings. The van der Waals surface area contributed by atoms with Gasteiger partial charge in [-0.1, -0.05) is 29.8 Å². The van der Waals surface area contributed by atoms with Gasteiger partial charge in [-0.25, -0.2) is 22.8 Å². The molecule has 5 aromatic rings. The summed E-state index contributed by atoms with van der Waals surface area (Å²) < 4.78 is 48.8. The first-order valence-corrected chi connectivity index (χ1v) is 15.2. The zero-order chi connectivity index (χ0) is 29.0. The minimum atomic E-state index is -3.20. The van der Waals surface area contributed by atoms with E-state index in [1.165, 1.54) is 24.7 Å². The predicted molar refractivity (Wildman–Crippen MR) is 158 cm³/mol. The number of nitrogens with one attached hydrogen (secondary N) is 2. The Balaban J connectivity index is 1.30. The maximum atomic E-state index is 13.4. The molecule has 5 rings (SSSR count). The van der Waals surface area contributed by atoms with Gasteiger partial charge in [0.15, 0.2) is 0 Å². The van der Waals surface area contributed by atoms with Gasteiger partial charge >= 0.3 is 0 Å². The number of nitrogens with zero attached hydrogens (tertiary/aromatic N) is 2. The highest BCUT2D eigenvalue weighted by Crippen LogP contribution is 2.31. The summed E-state index contributed by atoms with van der Waals surface area (Å²) in [6.07, 6.45) is 2.69. The molecule has 212 valence electrons. The van der Waals surface area contributed by atoms with Crippen LogP contribution in [0.1, 0.15) is 22.9 Å². The van der Waals surface area contributed by atoms with E-state index in [1.807, 2.05) is 36.4 Å². The van der Waals surface area contributed by atoms with Gasteiger partial charge in [0, 0.05) is 23.8 Å². The molecule has 8 nitrogen and oxygen atoms in total. The standard InChI is InChI=1S/C30H28ClFN4O4S/c1-33-26(17-41(2,37)38)29-11-10-27(40-29)21-7-8-25-23(14-21)30(36-18-35-25)34-15-19-6-9-28(24(31)13-19)39-16-20-4-3-5-22(32)12-20/h3-14,18,26,33H,15-17H2,1-2H3,(H,34,35,36). The van der Waals surface area contributed by atoms with Crippen molar-refractivity contribution in [3.05, 3.63) is 107 Å². The van der Waals surface area contributed by atoms with Gasteiger partial charge < -0.3 is 19.8 Å². The molecule has 0 radical (unpaired) electrons. The van der Waals surface area contributed by atoms with Crippen molar-refractivity contribution in [3.63, 3.8) is 0 Å². The Labute approximate surface area is 242 Å². The number of fused-ring (bicyclic) bond motifs is 1. The molecule has 2 heterocycles. The number of benzene rings is 3. The second-order valence-electron chi connectivity index (χ2n) is 9.63. The second kappa shape index (κ2) is 12.3. The number of furan rings is 1. The van der Waals surface area contributed by atoms with Crippen LogP contribution < -0.4 is 15.4 Å². The fraction of sp³-hybridized carbons (Fsp3) is 0.200. The molecule has 0 saturated heterocycles. The van der Waals surface area contributed by atoms with Crippen LogP contribution in [0.5, 0.6) is 5.75 Å². The van der Waals surface area contributed by atoms with E-state index in [4.69, 9.17) is 20.8 Å². The van der Waals surface area contributed by atoms with E-state index in [9.17, 15) is 12.8 Å². The van der Waals surface area contributed by atoms with Crippen LogP contribution in [0.3, 0.4) is 0 Å². The van der Waals surface area contributed by atoms with Crippen molar-refractivity contribution in [2.45, 2.75) is 19.2 Å². The van der Waals surface area contributed by atoms with E-state index < -0.39 is 15.9 Å². The van der Waals surface area contributed by atoms with Crippen molar-refractivity contribution >= 4 is 38.2 Å². The van der Waals surface area contributed by atoms with Crippen LogP contribution in [0.15, 0.2) is 83.5 Å². The summed E-state index contributed by atoms with van der Waals surface area (Å²) in [6, 6.07) is 20.6. The van der Waals surface area contributed by atoms with E-state index >= 15 is 0 Å². The fourth-order valence-corrected chi connectivity index (χ4v) is 5.60. The predicted octanol–water partition coefficient (Wildman–Crippen LogP) is 6.18. The number of aromatic nitrogens is 2. The fourth-order valence-electron chi connectivity index (χ4n) is 4.40. The molecular weight excluding hydrogens is 567 g/mol. The maximum absolute atomic E-state index is 13.4. The number of rotatable bonds is 11. The van der Waals surface area contributed by atoms with Crippen molar-refractivity contribution < 1.29 is 22.0 Å². The molecule has 1 atom stereocenters. The van der Waals surface area contributed by atoms with E-state index in [0.717, 1.165) is 22.0 Å². The Hall–Kier alpha value is -3.99. The van der Waals surface area contributed by atoms with Crippen molar-refractivity contribution in [2.75, 3.05) is 24.4 Å². The number of anilines is 1. The first-order chi connectivity index (χ1) is 19.7. The summed E-state index contributed by atoms with van der Waals surface area (Å²) in [4.78, 5) is 8.81. The molecule has 41 heavy (non-hydrogen) atoms. The Kier molecular flexibility index (Phi) is 8.53. The molecule has 0 spiro atoms. The number of ether oxygens (including phenoxy) is 1. The molecule has 2 aromatic heterocycles. The minimum absolute atomic E-state index is 0.0692. The second-order valence-corrected chi connectivity index (χ2v) is 12.2. The third-order valence-electron chi connectivity index (χ3n) is 6.45. The Bertz CT molecular complexity index is 1790. The lowest BCUT2D eigenvalue weighted by atomic mass is 10.1. The van der Waals surface area contributed by atoms with Crippen LogP contribution in [-0.2, 0) is 23.0 Å². The monoisotopic (exact) mass is 594 g/mol. The van der Waals surface area contributed by atoms with Crippen LogP contribution >= 0.6 is 11.6 Å². The first kappa shape index (κ1) is 28.5. The molecular formula is C30H28ClFN4O4S. The van der Waals surface area contributed by atoms with Crippen molar-refractivity contribution in [2.24, 2.45) is 0 Å². The molecule has 0 saturated carbocycles. The van der Waals surface area contributed by atoms with Gasteiger partial charge in [0.05, 0.1) is 22.3 Å². The summed E-state index contributed by atoms with van der Waals surface area (Å²) in [7, 11) is -1.50. The van der Waals surface area contributed by atoms with Crippen LogP contribution in [0.25, 0.3) is 22.2 Å². The van der Waals surface area contributed by atoms with E-state index in [2.05, 4.69) is 20.6 Å². The molecule has 0 amide bonds. The van der Waals surface area contributed by atoms with E-state index in [0.29, 0.717) is 40.2 Å². The zero-order valence-corrected chi connectivity index (χ0v) is 24.0. The van der Waals surface area contributed by atoms with Crippen LogP contribution in [-0.4, -0.2) is 37.4 Å². The highest BCUT2D eigenvalue weighted by Gasteiger charge is 2.20. The Morgan fingerprint density at radius 3 is 2.63 bits per heavy atom. The molecule has 0 aliphatic rings. The summed E-state index contributed by atoms with van der Waals surface area (Å²) in [5.41, 5.74) is 3.18. The molecule has 11 heteroatoms. The molecule has 2 N–H and O–H groups in total. The largest absolute Gasteiger partial charge is 0.487 e. The summed E-state index contributed by atoms with van der Waals surface area (Å²) in [5.74, 6) is 1.90. The Morgan fingerprint density at radius 1 is 1.02 bits per heavy atom. The van der Waals surface area contributed by atoms with Gasteiger partial charge in [-0.2, -0.15) is 0 Å². The third kappa shape index (κ3) is 7.21. The average molecular weight is 595 g/mol. The Morgan fingerprint density at radius 2 is 1.88 bits per heavy atom. The summed E-state index contributed by atoms with van der Waals surface area (Å²) in [5, 5.41) is 7.59. The lowest BCUT2D eigenvalue weighted by Gasteiger charge is -2.12. The number of hydrogen-bond acceptors (Lipinski definition) is 8. The number of sulfone groups is 1. The number of hydrogen-bond donors (Lipinski definition) is 2. The maximum Gasteiger partial charge on any atom is 0.149 e. The molecule has 0 aliphatic heterocycles. The van der Waals surface area contributed by atoms with Crippen molar-refractivity contribution in [1.29, 1.82) is 0 Å². The average Bonchev–Trinajstić information content (AvgIpc) is 3.44. The summed E-state index contributed by atoms with van der Waals surface area (Å²) in [6.45, 7) is 0.648.